The molecule has 0 radical (unpaired) electrons. The summed E-state index contributed by atoms with van der Waals surface area (Å²) in [4.78, 5) is 12.9. The molecule has 0 heterocycles. The topological polar surface area (TPSA) is 55.6 Å². The fraction of sp³-hybridized carbons (Fsp3) is 0.417. The van der Waals surface area contributed by atoms with E-state index in [-0.39, 0.29) is 24.9 Å². The van der Waals surface area contributed by atoms with Gasteiger partial charge in [-0.05, 0) is 13.0 Å². The third kappa shape index (κ3) is 4.63. The van der Waals surface area contributed by atoms with Gasteiger partial charge in [-0.1, -0.05) is 18.2 Å². The molecule has 4 nitrogen and oxygen atoms in total. The highest BCUT2D eigenvalue weighted by Gasteiger charge is 2.09. The predicted octanol–water partition coefficient (Wildman–Crippen LogP) is 1.42. The number of para-hydroxylation sites is 1. The van der Waals surface area contributed by atoms with E-state index in [9.17, 15) is 4.79 Å². The van der Waals surface area contributed by atoms with Gasteiger partial charge in [0.05, 0.1) is 13.2 Å². The smallest absolute Gasteiger partial charge is 0.236 e. The highest BCUT2D eigenvalue weighted by molar-refractivity contribution is 5.85. The first-order chi connectivity index (χ1) is 7.69. The van der Waals surface area contributed by atoms with E-state index in [1.165, 1.54) is 0 Å². The van der Waals surface area contributed by atoms with Crippen LogP contribution in [0.2, 0.25) is 0 Å². The number of ether oxygens (including phenoxy) is 1. The van der Waals surface area contributed by atoms with E-state index in [0.29, 0.717) is 13.2 Å². The van der Waals surface area contributed by atoms with Crippen LogP contribution in [0.15, 0.2) is 24.3 Å². The number of benzene rings is 1. The van der Waals surface area contributed by atoms with Crippen molar-refractivity contribution in [3.63, 3.8) is 0 Å². The van der Waals surface area contributed by atoms with Crippen molar-refractivity contribution in [2.75, 3.05) is 20.2 Å². The summed E-state index contributed by atoms with van der Waals surface area (Å²) in [6.45, 7) is 3.11. The molecule has 0 aliphatic rings. The van der Waals surface area contributed by atoms with Gasteiger partial charge in [-0.2, -0.15) is 0 Å². The second-order valence-corrected chi connectivity index (χ2v) is 3.49. The first-order valence-corrected chi connectivity index (χ1v) is 5.33. The van der Waals surface area contributed by atoms with Gasteiger partial charge in [0.2, 0.25) is 5.91 Å². The number of likely N-dealkylation sites (N-methyl/N-ethyl adjacent to an activating group) is 1. The molecule has 0 aliphatic heterocycles. The molecule has 0 spiro atoms. The number of halogens is 1. The van der Waals surface area contributed by atoms with Crippen LogP contribution in [0.25, 0.3) is 0 Å². The second-order valence-electron chi connectivity index (χ2n) is 3.49. The van der Waals surface area contributed by atoms with Crippen molar-refractivity contribution in [2.24, 2.45) is 5.73 Å². The number of nitrogens with zero attached hydrogens (tertiary/aromatic N) is 1. The number of amides is 1. The van der Waals surface area contributed by atoms with Crippen molar-refractivity contribution in [1.29, 1.82) is 0 Å². The Bertz CT molecular complexity index is 358. The molecule has 0 aromatic heterocycles. The number of carbonyl (C=O) groups excluding carboxylic acids is 1. The van der Waals surface area contributed by atoms with E-state index in [1.54, 1.807) is 11.9 Å². The third-order valence-corrected chi connectivity index (χ3v) is 2.28. The Labute approximate surface area is 108 Å². The maximum absolute atomic E-state index is 11.3. The Morgan fingerprint density at radius 2 is 2.06 bits per heavy atom. The summed E-state index contributed by atoms with van der Waals surface area (Å²) in [6, 6.07) is 7.70. The molecular formula is C12H19ClN2O2. The fourth-order valence-corrected chi connectivity index (χ4v) is 1.43. The summed E-state index contributed by atoms with van der Waals surface area (Å²) in [5.41, 5.74) is 6.29. The zero-order chi connectivity index (χ0) is 12.0. The van der Waals surface area contributed by atoms with Crippen LogP contribution in [0.3, 0.4) is 0 Å². The fourth-order valence-electron chi connectivity index (χ4n) is 1.43. The lowest BCUT2D eigenvalue weighted by Gasteiger charge is -2.18. The molecule has 0 aliphatic carbocycles. The Kier molecular flexibility index (Phi) is 7.34. The molecular weight excluding hydrogens is 240 g/mol. The summed E-state index contributed by atoms with van der Waals surface area (Å²) >= 11 is 0. The minimum atomic E-state index is -0.0775. The lowest BCUT2D eigenvalue weighted by atomic mass is 10.2. The van der Waals surface area contributed by atoms with E-state index in [4.69, 9.17) is 10.5 Å². The minimum absolute atomic E-state index is 0. The number of nitrogens with two attached hydrogens (primary N) is 1. The molecule has 1 amide bonds. The van der Waals surface area contributed by atoms with Crippen molar-refractivity contribution in [3.05, 3.63) is 29.8 Å². The van der Waals surface area contributed by atoms with Crippen LogP contribution in [0.5, 0.6) is 5.75 Å². The van der Waals surface area contributed by atoms with Gasteiger partial charge in [0.1, 0.15) is 5.75 Å². The van der Waals surface area contributed by atoms with Crippen molar-refractivity contribution >= 4 is 18.3 Å². The van der Waals surface area contributed by atoms with Crippen molar-refractivity contribution in [2.45, 2.75) is 13.5 Å². The van der Waals surface area contributed by atoms with E-state index in [2.05, 4.69) is 0 Å². The molecule has 1 aromatic rings. The average molecular weight is 259 g/mol. The Hall–Kier alpha value is -1.26. The molecule has 5 heteroatoms. The highest BCUT2D eigenvalue weighted by atomic mass is 35.5. The van der Waals surface area contributed by atoms with Crippen LogP contribution in [-0.2, 0) is 11.3 Å². The van der Waals surface area contributed by atoms with Crippen LogP contribution in [0.1, 0.15) is 12.5 Å². The molecule has 0 fully saturated rings. The van der Waals surface area contributed by atoms with Crippen molar-refractivity contribution < 1.29 is 9.53 Å². The number of hydrogen-bond acceptors (Lipinski definition) is 3. The van der Waals surface area contributed by atoms with Gasteiger partial charge in [-0.25, -0.2) is 0 Å². The lowest BCUT2D eigenvalue weighted by Crippen LogP contribution is -2.32. The summed E-state index contributed by atoms with van der Waals surface area (Å²) in [7, 11) is 1.73. The largest absolute Gasteiger partial charge is 0.494 e. The number of carbonyl (C=O) groups is 1. The van der Waals surface area contributed by atoms with Crippen molar-refractivity contribution in [1.82, 2.24) is 4.90 Å². The lowest BCUT2D eigenvalue weighted by molar-refractivity contribution is -0.128. The molecule has 0 saturated heterocycles. The standard InChI is InChI=1S/C12H18N2O2.ClH/c1-3-16-11-7-5-4-6-10(11)9-14(2)12(15)8-13;/h4-7H,3,8-9,13H2,1-2H3;1H. The monoisotopic (exact) mass is 258 g/mol. The van der Waals surface area contributed by atoms with Gasteiger partial charge in [0, 0.05) is 19.2 Å². The minimum Gasteiger partial charge on any atom is -0.494 e. The van der Waals surface area contributed by atoms with Crippen LogP contribution < -0.4 is 10.5 Å². The summed E-state index contributed by atoms with van der Waals surface area (Å²) in [6.07, 6.45) is 0. The molecule has 0 saturated carbocycles. The van der Waals surface area contributed by atoms with Crippen LogP contribution in [0, 0.1) is 0 Å². The SMILES string of the molecule is CCOc1ccccc1CN(C)C(=O)CN.Cl. The molecule has 17 heavy (non-hydrogen) atoms. The van der Waals surface area contributed by atoms with Gasteiger partial charge in [0.25, 0.3) is 0 Å². The van der Waals surface area contributed by atoms with E-state index in [0.717, 1.165) is 11.3 Å². The predicted molar refractivity (Wildman–Crippen MR) is 70.4 cm³/mol. The Morgan fingerprint density at radius 3 is 2.65 bits per heavy atom. The van der Waals surface area contributed by atoms with E-state index >= 15 is 0 Å². The first kappa shape index (κ1) is 15.7. The molecule has 2 N–H and O–H groups in total. The zero-order valence-corrected chi connectivity index (χ0v) is 11.0. The van der Waals surface area contributed by atoms with Crippen molar-refractivity contribution in [3.8, 4) is 5.75 Å². The zero-order valence-electron chi connectivity index (χ0n) is 10.2. The quantitative estimate of drug-likeness (QED) is 0.869. The molecule has 0 atom stereocenters. The van der Waals surface area contributed by atoms with E-state index < -0.39 is 0 Å². The molecule has 1 rings (SSSR count). The third-order valence-electron chi connectivity index (χ3n) is 2.28. The highest BCUT2D eigenvalue weighted by Crippen LogP contribution is 2.19. The molecule has 1 aromatic carbocycles. The van der Waals surface area contributed by atoms with Crippen LogP contribution in [-0.4, -0.2) is 31.0 Å². The van der Waals surface area contributed by atoms with E-state index in [1.807, 2.05) is 31.2 Å². The maximum atomic E-state index is 11.3. The number of rotatable bonds is 5. The molecule has 96 valence electrons. The first-order valence-electron chi connectivity index (χ1n) is 5.33. The van der Waals surface area contributed by atoms with Gasteiger partial charge in [-0.15, -0.1) is 12.4 Å². The summed E-state index contributed by atoms with van der Waals surface area (Å²) < 4.78 is 5.48. The van der Waals surface area contributed by atoms with Gasteiger partial charge in [0.15, 0.2) is 0 Å². The summed E-state index contributed by atoms with van der Waals surface area (Å²) in [5, 5.41) is 0. The molecule has 0 unspecified atom stereocenters. The normalized spacial score (nSPS) is 9.35. The Morgan fingerprint density at radius 1 is 1.41 bits per heavy atom. The Balaban J connectivity index is 0.00000256. The van der Waals surface area contributed by atoms with Crippen LogP contribution in [0.4, 0.5) is 0 Å². The van der Waals surface area contributed by atoms with Gasteiger partial charge in [-0.3, -0.25) is 4.79 Å². The molecule has 0 bridgehead atoms. The van der Waals surface area contributed by atoms with Gasteiger partial charge >= 0.3 is 0 Å². The second kappa shape index (κ2) is 7.92. The van der Waals surface area contributed by atoms with Crippen LogP contribution >= 0.6 is 12.4 Å². The van der Waals surface area contributed by atoms with Gasteiger partial charge < -0.3 is 15.4 Å². The maximum Gasteiger partial charge on any atom is 0.236 e. The average Bonchev–Trinajstić information content (AvgIpc) is 2.31. The number of hydrogen-bond donors (Lipinski definition) is 1. The summed E-state index contributed by atoms with van der Waals surface area (Å²) in [5.74, 6) is 0.743.